The van der Waals surface area contributed by atoms with Crippen LogP contribution in [0.1, 0.15) is 23.3 Å². The number of aryl methyl sites for hydroxylation is 2. The molecule has 7 nitrogen and oxygen atoms in total. The van der Waals surface area contributed by atoms with Crippen LogP contribution in [0.25, 0.3) is 10.2 Å². The van der Waals surface area contributed by atoms with Crippen LogP contribution in [0.4, 0.5) is 5.69 Å². The molecule has 0 saturated carbocycles. The Kier molecular flexibility index (Phi) is 6.01. The minimum atomic E-state index is -0.188. The van der Waals surface area contributed by atoms with E-state index in [4.69, 9.17) is 14.5 Å². The number of thiophene rings is 1. The van der Waals surface area contributed by atoms with E-state index in [9.17, 15) is 9.59 Å². The predicted molar refractivity (Wildman–Crippen MR) is 120 cm³/mol. The van der Waals surface area contributed by atoms with Gasteiger partial charge in [-0.25, -0.2) is 4.98 Å². The SMILES string of the molecule is COc1ccc(NC(=O)CSc2nc3sc4c(c3c(=O)n2C)CCCC4)cc1OC. The second-order valence-electron chi connectivity index (χ2n) is 7.06. The number of anilines is 1. The Bertz CT molecular complexity index is 1170. The van der Waals surface area contributed by atoms with Gasteiger partial charge < -0.3 is 14.8 Å². The molecule has 9 heteroatoms. The van der Waals surface area contributed by atoms with E-state index in [1.54, 1.807) is 55.4 Å². The molecule has 0 aliphatic heterocycles. The number of methoxy groups -OCH3 is 2. The summed E-state index contributed by atoms with van der Waals surface area (Å²) < 4.78 is 12.0. The predicted octanol–water partition coefficient (Wildman–Crippen LogP) is 3.62. The van der Waals surface area contributed by atoms with E-state index < -0.39 is 0 Å². The third-order valence-corrected chi connectivity index (χ3v) is 7.37. The summed E-state index contributed by atoms with van der Waals surface area (Å²) in [5, 5.41) is 4.15. The molecule has 2 heterocycles. The maximum Gasteiger partial charge on any atom is 0.262 e. The largest absolute Gasteiger partial charge is 0.493 e. The summed E-state index contributed by atoms with van der Waals surface area (Å²) in [5.74, 6) is 1.09. The molecule has 1 N–H and O–H groups in total. The lowest BCUT2D eigenvalue weighted by molar-refractivity contribution is -0.113. The van der Waals surface area contributed by atoms with Gasteiger partial charge in [-0.3, -0.25) is 14.2 Å². The topological polar surface area (TPSA) is 82.5 Å². The molecule has 1 aromatic carbocycles. The first-order valence-corrected chi connectivity index (χ1v) is 11.5. The van der Waals surface area contributed by atoms with E-state index in [1.807, 2.05) is 0 Å². The van der Waals surface area contributed by atoms with E-state index in [-0.39, 0.29) is 17.2 Å². The highest BCUT2D eigenvalue weighted by atomic mass is 32.2. The van der Waals surface area contributed by atoms with Gasteiger partial charge in [-0.2, -0.15) is 0 Å². The Balaban J connectivity index is 1.50. The van der Waals surface area contributed by atoms with Crippen molar-refractivity contribution in [2.75, 3.05) is 25.3 Å². The van der Waals surface area contributed by atoms with Crippen molar-refractivity contribution in [1.29, 1.82) is 0 Å². The highest BCUT2D eigenvalue weighted by Gasteiger charge is 2.21. The van der Waals surface area contributed by atoms with Gasteiger partial charge in [-0.15, -0.1) is 11.3 Å². The molecule has 3 aromatic rings. The summed E-state index contributed by atoms with van der Waals surface area (Å²) in [6.07, 6.45) is 4.26. The van der Waals surface area contributed by atoms with Gasteiger partial charge in [0.1, 0.15) is 4.83 Å². The van der Waals surface area contributed by atoms with Crippen LogP contribution in [0.5, 0.6) is 11.5 Å². The lowest BCUT2D eigenvalue weighted by Gasteiger charge is -2.11. The van der Waals surface area contributed by atoms with E-state index in [0.29, 0.717) is 22.3 Å². The van der Waals surface area contributed by atoms with Gasteiger partial charge in [0, 0.05) is 23.7 Å². The van der Waals surface area contributed by atoms with Crippen molar-refractivity contribution in [2.45, 2.75) is 30.8 Å². The molecule has 0 bridgehead atoms. The van der Waals surface area contributed by atoms with Gasteiger partial charge in [0.05, 0.1) is 25.4 Å². The zero-order valence-electron chi connectivity index (χ0n) is 17.1. The third kappa shape index (κ3) is 3.91. The molecule has 1 aliphatic carbocycles. The standard InChI is InChI=1S/C21H23N3O4S2/c1-24-20(26)18-13-6-4-5-7-16(13)30-19(18)23-21(24)29-11-17(25)22-12-8-9-14(27-2)15(10-12)28-3/h8-10H,4-7,11H2,1-3H3,(H,22,25). The summed E-state index contributed by atoms with van der Waals surface area (Å²) in [6, 6.07) is 5.19. The van der Waals surface area contributed by atoms with Crippen LogP contribution in [0.15, 0.2) is 28.2 Å². The van der Waals surface area contributed by atoms with Crippen molar-refractivity contribution < 1.29 is 14.3 Å². The molecule has 1 amide bonds. The van der Waals surface area contributed by atoms with Gasteiger partial charge in [-0.05, 0) is 43.4 Å². The number of hydrogen-bond acceptors (Lipinski definition) is 7. The van der Waals surface area contributed by atoms with Crippen LogP contribution in [-0.4, -0.2) is 35.4 Å². The first-order chi connectivity index (χ1) is 14.5. The Hall–Kier alpha value is -2.52. The molecule has 0 saturated heterocycles. The average Bonchev–Trinajstić information content (AvgIpc) is 3.13. The molecule has 0 atom stereocenters. The Morgan fingerprint density at radius 1 is 1.23 bits per heavy atom. The van der Waals surface area contributed by atoms with Gasteiger partial charge in [0.25, 0.3) is 5.56 Å². The molecule has 30 heavy (non-hydrogen) atoms. The fourth-order valence-corrected chi connectivity index (χ4v) is 5.71. The molecule has 0 fully saturated rings. The molecule has 158 valence electrons. The number of ether oxygens (including phenoxy) is 2. The minimum Gasteiger partial charge on any atom is -0.493 e. The number of rotatable bonds is 6. The second kappa shape index (κ2) is 8.69. The van der Waals surface area contributed by atoms with E-state index in [1.165, 1.54) is 22.2 Å². The number of thioether (sulfide) groups is 1. The summed E-state index contributed by atoms with van der Waals surface area (Å²) in [5.41, 5.74) is 1.76. The maximum atomic E-state index is 12.9. The van der Waals surface area contributed by atoms with Crippen LogP contribution in [0, 0.1) is 0 Å². The quantitative estimate of drug-likeness (QED) is 0.461. The van der Waals surface area contributed by atoms with Crippen molar-refractivity contribution in [3.05, 3.63) is 39.0 Å². The maximum absolute atomic E-state index is 12.9. The number of nitrogens with one attached hydrogen (secondary N) is 1. The van der Waals surface area contributed by atoms with Crippen molar-refractivity contribution in [3.8, 4) is 11.5 Å². The molecule has 2 aromatic heterocycles. The second-order valence-corrected chi connectivity index (χ2v) is 9.08. The molecule has 4 rings (SSSR count). The number of aromatic nitrogens is 2. The number of amides is 1. The number of benzene rings is 1. The number of carbonyl (C=O) groups is 1. The van der Waals surface area contributed by atoms with Crippen LogP contribution < -0.4 is 20.3 Å². The number of nitrogens with zero attached hydrogens (tertiary/aromatic N) is 2. The van der Waals surface area contributed by atoms with Crippen LogP contribution in [0.3, 0.4) is 0 Å². The Labute approximate surface area is 182 Å². The summed E-state index contributed by atoms with van der Waals surface area (Å²) in [4.78, 5) is 32.1. The lowest BCUT2D eigenvalue weighted by Crippen LogP contribution is -2.22. The highest BCUT2D eigenvalue weighted by molar-refractivity contribution is 7.99. The number of hydrogen-bond donors (Lipinski definition) is 1. The molecule has 0 spiro atoms. The van der Waals surface area contributed by atoms with Gasteiger partial charge in [0.15, 0.2) is 16.7 Å². The molecule has 0 unspecified atom stereocenters. The van der Waals surface area contributed by atoms with Crippen LogP contribution in [-0.2, 0) is 24.7 Å². The van der Waals surface area contributed by atoms with E-state index in [2.05, 4.69) is 5.32 Å². The Morgan fingerprint density at radius 2 is 2.00 bits per heavy atom. The first kappa shape index (κ1) is 20.7. The first-order valence-electron chi connectivity index (χ1n) is 9.67. The smallest absolute Gasteiger partial charge is 0.262 e. The van der Waals surface area contributed by atoms with Gasteiger partial charge in [-0.1, -0.05) is 11.8 Å². The normalized spacial score (nSPS) is 13.2. The van der Waals surface area contributed by atoms with E-state index >= 15 is 0 Å². The summed E-state index contributed by atoms with van der Waals surface area (Å²) in [7, 11) is 4.82. The molecular formula is C21H23N3O4S2. The van der Waals surface area contributed by atoms with Crippen molar-refractivity contribution in [2.24, 2.45) is 7.05 Å². The van der Waals surface area contributed by atoms with Gasteiger partial charge >= 0.3 is 0 Å². The number of carbonyl (C=O) groups excluding carboxylic acids is 1. The monoisotopic (exact) mass is 445 g/mol. The average molecular weight is 446 g/mol. The fraction of sp³-hybridized carbons (Fsp3) is 0.381. The van der Waals surface area contributed by atoms with Gasteiger partial charge in [0.2, 0.25) is 5.91 Å². The summed E-state index contributed by atoms with van der Waals surface area (Å²) >= 11 is 2.87. The zero-order valence-corrected chi connectivity index (χ0v) is 18.7. The zero-order chi connectivity index (χ0) is 21.3. The number of fused-ring (bicyclic) bond motifs is 3. The van der Waals surface area contributed by atoms with Crippen molar-refractivity contribution in [1.82, 2.24) is 9.55 Å². The van der Waals surface area contributed by atoms with Crippen molar-refractivity contribution in [3.63, 3.8) is 0 Å². The Morgan fingerprint density at radius 3 is 2.77 bits per heavy atom. The fourth-order valence-electron chi connectivity index (χ4n) is 3.64. The minimum absolute atomic E-state index is 0.0257. The lowest BCUT2D eigenvalue weighted by atomic mass is 9.97. The summed E-state index contributed by atoms with van der Waals surface area (Å²) in [6.45, 7) is 0. The third-order valence-electron chi connectivity index (χ3n) is 5.16. The molecular weight excluding hydrogens is 422 g/mol. The molecule has 0 radical (unpaired) electrons. The van der Waals surface area contributed by atoms with Crippen molar-refractivity contribution >= 4 is 44.9 Å². The van der Waals surface area contributed by atoms with E-state index in [0.717, 1.165) is 35.9 Å². The van der Waals surface area contributed by atoms with Crippen LogP contribution >= 0.6 is 23.1 Å². The highest BCUT2D eigenvalue weighted by Crippen LogP contribution is 2.34. The molecule has 1 aliphatic rings. The van der Waals surface area contributed by atoms with Crippen LogP contribution in [0.2, 0.25) is 0 Å².